The Balaban J connectivity index is 2.70. The molecule has 0 spiro atoms. The van der Waals surface area contributed by atoms with E-state index in [1.165, 1.54) is 12.8 Å². The van der Waals surface area contributed by atoms with E-state index < -0.39 is 6.03 Å². The van der Waals surface area contributed by atoms with Crippen molar-refractivity contribution in [1.29, 1.82) is 0 Å². The number of carbonyl (C=O) groups is 1. The van der Waals surface area contributed by atoms with Crippen LogP contribution in [0.1, 0.15) is 42.9 Å². The van der Waals surface area contributed by atoms with Crippen LogP contribution in [0.15, 0.2) is 17.2 Å². The summed E-state index contributed by atoms with van der Waals surface area (Å²) in [6.07, 6.45) is 5.03. The van der Waals surface area contributed by atoms with Gasteiger partial charge >= 0.3 is 6.03 Å². The fourth-order valence-electron chi connectivity index (χ4n) is 1.92. The molecule has 0 aliphatic heterocycles. The van der Waals surface area contributed by atoms with Gasteiger partial charge in [0.15, 0.2) is 0 Å². The van der Waals surface area contributed by atoms with Gasteiger partial charge in [0.2, 0.25) is 0 Å². The molecule has 0 heterocycles. The highest BCUT2D eigenvalue weighted by Gasteiger charge is 2.04. The summed E-state index contributed by atoms with van der Waals surface area (Å²) in [4.78, 5) is 10.6. The molecule has 0 radical (unpaired) electrons. The minimum Gasteiger partial charge on any atom is -0.494 e. The number of hydrogen-bond donors (Lipinski definition) is 2. The number of ether oxygens (including phenoxy) is 1. The lowest BCUT2D eigenvalue weighted by atomic mass is 10.0. The first-order valence-corrected chi connectivity index (χ1v) is 6.87. The maximum Gasteiger partial charge on any atom is 0.332 e. The van der Waals surface area contributed by atoms with E-state index in [-0.39, 0.29) is 0 Å². The summed E-state index contributed by atoms with van der Waals surface area (Å²) in [6.45, 7) is 6.88. The normalized spacial score (nSPS) is 10.8. The molecule has 5 nitrogen and oxygen atoms in total. The average Bonchev–Trinajstić information content (AvgIpc) is 2.37. The van der Waals surface area contributed by atoms with Crippen LogP contribution in [0, 0.1) is 13.8 Å². The Morgan fingerprint density at radius 3 is 2.55 bits per heavy atom. The molecule has 0 saturated heterocycles. The van der Waals surface area contributed by atoms with Gasteiger partial charge in [-0.3, -0.25) is 0 Å². The molecule has 0 bridgehead atoms. The molecule has 1 aromatic carbocycles. The van der Waals surface area contributed by atoms with Gasteiger partial charge in [-0.05, 0) is 43.5 Å². The van der Waals surface area contributed by atoms with E-state index in [1.54, 1.807) is 6.21 Å². The highest BCUT2D eigenvalue weighted by atomic mass is 16.5. The predicted octanol–water partition coefficient (Wildman–Crippen LogP) is 2.87. The Labute approximate surface area is 120 Å². The zero-order valence-electron chi connectivity index (χ0n) is 12.4. The highest BCUT2D eigenvalue weighted by molar-refractivity contribution is 5.85. The Bertz CT molecular complexity index is 461. The number of nitrogens with one attached hydrogen (secondary N) is 1. The van der Waals surface area contributed by atoms with Crippen LogP contribution in [0.3, 0.4) is 0 Å². The summed E-state index contributed by atoms with van der Waals surface area (Å²) in [5.74, 6) is 0.871. The summed E-state index contributed by atoms with van der Waals surface area (Å²) in [7, 11) is 0. The number of hydrogen-bond acceptors (Lipinski definition) is 3. The molecular formula is C15H23N3O2. The lowest BCUT2D eigenvalue weighted by molar-refractivity contribution is 0.249. The predicted molar refractivity (Wildman–Crippen MR) is 81.2 cm³/mol. The van der Waals surface area contributed by atoms with Crippen molar-refractivity contribution in [2.45, 2.75) is 40.0 Å². The first kappa shape index (κ1) is 16.0. The fourth-order valence-corrected chi connectivity index (χ4v) is 1.92. The van der Waals surface area contributed by atoms with Crippen molar-refractivity contribution < 1.29 is 9.53 Å². The SMILES string of the molecule is CCCCCOc1cc(C)c(C=NNC(N)=O)c(C)c1. The molecular weight excluding hydrogens is 254 g/mol. The second kappa shape index (κ2) is 8.19. The first-order valence-electron chi connectivity index (χ1n) is 6.87. The second-order valence-corrected chi connectivity index (χ2v) is 4.76. The molecule has 1 rings (SSSR count). The number of aryl methyl sites for hydroxylation is 2. The van der Waals surface area contributed by atoms with Crippen LogP contribution in [0.4, 0.5) is 4.79 Å². The van der Waals surface area contributed by atoms with Crippen LogP contribution in [0.2, 0.25) is 0 Å². The molecule has 0 aliphatic rings. The van der Waals surface area contributed by atoms with Crippen LogP contribution in [-0.4, -0.2) is 18.9 Å². The number of amides is 2. The number of hydrazone groups is 1. The highest BCUT2D eigenvalue weighted by Crippen LogP contribution is 2.21. The number of nitrogens with two attached hydrogens (primary N) is 1. The number of primary amides is 1. The Hall–Kier alpha value is -2.04. The van der Waals surface area contributed by atoms with Gasteiger partial charge in [-0.1, -0.05) is 19.8 Å². The van der Waals surface area contributed by atoms with Gasteiger partial charge < -0.3 is 10.5 Å². The monoisotopic (exact) mass is 277 g/mol. The zero-order chi connectivity index (χ0) is 15.0. The van der Waals surface area contributed by atoms with E-state index in [4.69, 9.17) is 10.5 Å². The van der Waals surface area contributed by atoms with Crippen LogP contribution < -0.4 is 15.9 Å². The Morgan fingerprint density at radius 1 is 1.35 bits per heavy atom. The van der Waals surface area contributed by atoms with Gasteiger partial charge in [0.1, 0.15) is 5.75 Å². The molecule has 3 N–H and O–H groups in total. The third-order valence-corrected chi connectivity index (χ3v) is 2.95. The average molecular weight is 277 g/mol. The fraction of sp³-hybridized carbons (Fsp3) is 0.467. The summed E-state index contributed by atoms with van der Waals surface area (Å²) in [5.41, 5.74) is 10.2. The van der Waals surface area contributed by atoms with Gasteiger partial charge in [0, 0.05) is 5.56 Å². The third-order valence-electron chi connectivity index (χ3n) is 2.95. The minimum absolute atomic E-state index is 0.674. The molecule has 5 heteroatoms. The molecule has 1 aromatic rings. The Kier molecular flexibility index (Phi) is 6.56. The number of urea groups is 1. The first-order chi connectivity index (χ1) is 9.54. The molecule has 0 fully saturated rings. The van der Waals surface area contributed by atoms with Crippen molar-refractivity contribution in [2.75, 3.05) is 6.61 Å². The van der Waals surface area contributed by atoms with Crippen molar-refractivity contribution >= 4 is 12.2 Å². The smallest absolute Gasteiger partial charge is 0.332 e. The van der Waals surface area contributed by atoms with E-state index in [0.717, 1.165) is 35.5 Å². The van der Waals surface area contributed by atoms with E-state index >= 15 is 0 Å². The second-order valence-electron chi connectivity index (χ2n) is 4.76. The third kappa shape index (κ3) is 5.30. The van der Waals surface area contributed by atoms with Crippen molar-refractivity contribution in [1.82, 2.24) is 5.43 Å². The molecule has 0 saturated carbocycles. The number of rotatable bonds is 7. The number of benzene rings is 1. The van der Waals surface area contributed by atoms with Gasteiger partial charge in [-0.15, -0.1) is 0 Å². The lowest BCUT2D eigenvalue weighted by Gasteiger charge is -2.11. The molecule has 20 heavy (non-hydrogen) atoms. The van der Waals surface area contributed by atoms with E-state index in [1.807, 2.05) is 26.0 Å². The van der Waals surface area contributed by atoms with Crippen LogP contribution in [0.5, 0.6) is 5.75 Å². The van der Waals surface area contributed by atoms with Crippen molar-refractivity contribution in [3.63, 3.8) is 0 Å². The molecule has 2 amide bonds. The number of unbranched alkanes of at least 4 members (excludes halogenated alkanes) is 2. The van der Waals surface area contributed by atoms with E-state index in [2.05, 4.69) is 17.5 Å². The number of nitrogens with zero attached hydrogens (tertiary/aromatic N) is 1. The summed E-state index contributed by atoms with van der Waals surface area (Å²) in [5, 5.41) is 3.79. The summed E-state index contributed by atoms with van der Waals surface area (Å²) < 4.78 is 5.73. The standard InChI is InChI=1S/C15H23N3O2/c1-4-5-6-7-20-13-8-11(2)14(12(3)9-13)10-17-18-15(16)19/h8-10H,4-7H2,1-3H3,(H3,16,18,19). The summed E-state index contributed by atoms with van der Waals surface area (Å²) in [6, 6.07) is 3.28. The van der Waals surface area contributed by atoms with Gasteiger partial charge in [0.05, 0.1) is 12.8 Å². The summed E-state index contributed by atoms with van der Waals surface area (Å²) >= 11 is 0. The van der Waals surface area contributed by atoms with E-state index in [0.29, 0.717) is 0 Å². The maximum atomic E-state index is 10.6. The largest absolute Gasteiger partial charge is 0.494 e. The lowest BCUT2D eigenvalue weighted by Crippen LogP contribution is -2.24. The molecule has 0 atom stereocenters. The van der Waals surface area contributed by atoms with Crippen molar-refractivity contribution in [3.8, 4) is 5.75 Å². The molecule has 110 valence electrons. The topological polar surface area (TPSA) is 76.7 Å². The van der Waals surface area contributed by atoms with Crippen LogP contribution >= 0.6 is 0 Å². The van der Waals surface area contributed by atoms with Crippen molar-refractivity contribution in [2.24, 2.45) is 10.8 Å². The van der Waals surface area contributed by atoms with Gasteiger partial charge in [-0.2, -0.15) is 5.10 Å². The van der Waals surface area contributed by atoms with Crippen molar-refractivity contribution in [3.05, 3.63) is 28.8 Å². The molecule has 0 aliphatic carbocycles. The van der Waals surface area contributed by atoms with Gasteiger partial charge in [-0.25, -0.2) is 10.2 Å². The van der Waals surface area contributed by atoms with Crippen LogP contribution in [0.25, 0.3) is 0 Å². The zero-order valence-corrected chi connectivity index (χ0v) is 12.4. The molecule has 0 aromatic heterocycles. The quantitative estimate of drug-likeness (QED) is 0.457. The maximum absolute atomic E-state index is 10.6. The van der Waals surface area contributed by atoms with Gasteiger partial charge in [0.25, 0.3) is 0 Å². The number of carbonyl (C=O) groups excluding carboxylic acids is 1. The Morgan fingerprint density at radius 2 is 2.00 bits per heavy atom. The minimum atomic E-state index is -0.674. The molecule has 0 unspecified atom stereocenters. The van der Waals surface area contributed by atoms with E-state index in [9.17, 15) is 4.79 Å². The van der Waals surface area contributed by atoms with Crippen LogP contribution in [-0.2, 0) is 0 Å².